The molecule has 2 heterocycles. The van der Waals surface area contributed by atoms with Crippen molar-refractivity contribution in [3.63, 3.8) is 0 Å². The number of aliphatic hydroxyl groups is 1. The van der Waals surface area contributed by atoms with E-state index in [4.69, 9.17) is 9.90 Å². The van der Waals surface area contributed by atoms with Crippen molar-refractivity contribution < 1.29 is 42.6 Å². The number of hydrogen-bond donors (Lipinski definition) is 5. The van der Waals surface area contributed by atoms with Crippen LogP contribution in [0.5, 0.6) is 0 Å². The van der Waals surface area contributed by atoms with Crippen molar-refractivity contribution in [2.45, 2.75) is 81.5 Å². The third-order valence-electron chi connectivity index (χ3n) is 7.63. The minimum atomic E-state index is -5.08. The van der Waals surface area contributed by atoms with Gasteiger partial charge < -0.3 is 31.1 Å². The first-order chi connectivity index (χ1) is 20.3. The molecule has 0 aromatic heterocycles. The predicted molar refractivity (Wildman–Crippen MR) is 151 cm³/mol. The van der Waals surface area contributed by atoms with Crippen LogP contribution in [-0.4, -0.2) is 82.3 Å². The van der Waals surface area contributed by atoms with Crippen LogP contribution in [0.1, 0.15) is 56.2 Å². The fourth-order valence-corrected chi connectivity index (χ4v) is 5.25. The third-order valence-corrected chi connectivity index (χ3v) is 7.63. The average molecular weight is 607 g/mol. The summed E-state index contributed by atoms with van der Waals surface area (Å²) < 4.78 is 31.7. The summed E-state index contributed by atoms with van der Waals surface area (Å²) in [6.07, 6.45) is -3.33. The lowest BCUT2D eigenvalue weighted by Gasteiger charge is -2.37. The Hall–Kier alpha value is -3.97. The van der Waals surface area contributed by atoms with Gasteiger partial charge in [-0.25, -0.2) is 4.79 Å². The highest BCUT2D eigenvalue weighted by Crippen LogP contribution is 2.32. The molecule has 4 rings (SSSR count). The first kappa shape index (κ1) is 33.5. The van der Waals surface area contributed by atoms with Gasteiger partial charge in [-0.1, -0.05) is 60.7 Å². The maximum Gasteiger partial charge on any atom is 0.490 e. The maximum absolute atomic E-state index is 13.7. The summed E-state index contributed by atoms with van der Waals surface area (Å²) >= 11 is 0. The van der Waals surface area contributed by atoms with Gasteiger partial charge in [-0.3, -0.25) is 14.4 Å². The molecule has 2 aromatic rings. The van der Waals surface area contributed by atoms with Gasteiger partial charge in [0.2, 0.25) is 17.7 Å². The molecule has 2 aliphatic heterocycles. The van der Waals surface area contributed by atoms with Crippen molar-refractivity contribution >= 4 is 23.7 Å². The van der Waals surface area contributed by atoms with Crippen LogP contribution in [0.25, 0.3) is 0 Å². The highest BCUT2D eigenvalue weighted by atomic mass is 19.4. The second-order valence-corrected chi connectivity index (χ2v) is 10.6. The topological polar surface area (TPSA) is 148 Å². The molecule has 5 atom stereocenters. The Kier molecular flexibility index (Phi) is 11.7. The lowest BCUT2D eigenvalue weighted by Crippen LogP contribution is -2.58. The largest absolute Gasteiger partial charge is 0.490 e. The van der Waals surface area contributed by atoms with Crippen molar-refractivity contribution in [1.29, 1.82) is 0 Å². The summed E-state index contributed by atoms with van der Waals surface area (Å²) in [6.45, 7) is 1.72. The fraction of sp³-hybridized carbons (Fsp3) is 0.467. The normalized spacial score (nSPS) is 22.8. The Labute approximate surface area is 247 Å². The third kappa shape index (κ3) is 9.01. The number of benzene rings is 2. The number of alkyl halides is 3. The molecule has 0 saturated carbocycles. The SMILES string of the molecule is CN[C@@H](C)C(=O)N[C@H]1CC[C@H](O)C[C@H]2CC[C@@H](C(=O)NC(c3ccccc3)c3ccccc3)N2C1=O.O=C(O)C(F)(F)F. The van der Waals surface area contributed by atoms with Gasteiger partial charge in [0, 0.05) is 6.04 Å². The summed E-state index contributed by atoms with van der Waals surface area (Å²) in [5.74, 6) is -3.52. The number of amides is 3. The van der Waals surface area contributed by atoms with Crippen LogP contribution in [0.15, 0.2) is 60.7 Å². The molecule has 10 nitrogen and oxygen atoms in total. The van der Waals surface area contributed by atoms with E-state index in [2.05, 4.69) is 16.0 Å². The van der Waals surface area contributed by atoms with E-state index in [-0.39, 0.29) is 29.8 Å². The number of fused-ring (bicyclic) bond motifs is 1. The number of carboxylic acid groups (broad SMARTS) is 1. The quantitative estimate of drug-likeness (QED) is 0.325. The van der Waals surface area contributed by atoms with Crippen molar-refractivity contribution in [3.8, 4) is 0 Å². The van der Waals surface area contributed by atoms with Gasteiger partial charge in [-0.05, 0) is 57.2 Å². The van der Waals surface area contributed by atoms with Crippen molar-refractivity contribution in [3.05, 3.63) is 71.8 Å². The molecule has 2 aromatic carbocycles. The second-order valence-electron chi connectivity index (χ2n) is 10.6. The molecule has 2 saturated heterocycles. The lowest BCUT2D eigenvalue weighted by atomic mass is 9.96. The molecule has 0 radical (unpaired) electrons. The fourth-order valence-electron chi connectivity index (χ4n) is 5.25. The van der Waals surface area contributed by atoms with Gasteiger partial charge in [-0.15, -0.1) is 0 Å². The number of likely N-dealkylation sites (N-methyl/N-ethyl adjacent to an activating group) is 1. The molecule has 3 amide bonds. The minimum absolute atomic E-state index is 0.229. The zero-order valence-electron chi connectivity index (χ0n) is 23.9. The number of halogens is 3. The summed E-state index contributed by atoms with van der Waals surface area (Å²) in [6, 6.07) is 17.0. The summed E-state index contributed by atoms with van der Waals surface area (Å²) in [7, 11) is 1.68. The van der Waals surface area contributed by atoms with E-state index < -0.39 is 36.4 Å². The Bertz CT molecular complexity index is 1210. The van der Waals surface area contributed by atoms with E-state index >= 15 is 0 Å². The minimum Gasteiger partial charge on any atom is -0.475 e. The van der Waals surface area contributed by atoms with Crippen molar-refractivity contribution in [2.75, 3.05) is 7.05 Å². The Balaban J connectivity index is 0.000000646. The molecular formula is C30H37F3N4O6. The van der Waals surface area contributed by atoms with Gasteiger partial charge >= 0.3 is 12.1 Å². The van der Waals surface area contributed by atoms with Crippen molar-refractivity contribution in [2.24, 2.45) is 0 Å². The number of rotatable bonds is 7. The summed E-state index contributed by atoms with van der Waals surface area (Å²) in [5, 5.41) is 26.6. The first-order valence-electron chi connectivity index (χ1n) is 14.0. The van der Waals surface area contributed by atoms with Gasteiger partial charge in [-0.2, -0.15) is 13.2 Å². The zero-order chi connectivity index (χ0) is 31.7. The molecule has 43 heavy (non-hydrogen) atoms. The number of carbonyl (C=O) groups excluding carboxylic acids is 3. The van der Waals surface area contributed by atoms with E-state index in [0.717, 1.165) is 11.1 Å². The summed E-state index contributed by atoms with van der Waals surface area (Å²) in [4.78, 5) is 50.5. The molecule has 0 unspecified atom stereocenters. The highest BCUT2D eigenvalue weighted by molar-refractivity contribution is 5.94. The summed E-state index contributed by atoms with van der Waals surface area (Å²) in [5.41, 5.74) is 1.90. The number of carboxylic acids is 1. The molecule has 13 heteroatoms. The number of carbonyl (C=O) groups is 4. The predicted octanol–water partition coefficient (Wildman–Crippen LogP) is 2.52. The van der Waals surface area contributed by atoms with Gasteiger partial charge in [0.05, 0.1) is 18.2 Å². The maximum atomic E-state index is 13.7. The van der Waals surface area contributed by atoms with Crippen LogP contribution in [0.3, 0.4) is 0 Å². The molecular weight excluding hydrogens is 569 g/mol. The van der Waals surface area contributed by atoms with Crippen LogP contribution in [0.4, 0.5) is 13.2 Å². The van der Waals surface area contributed by atoms with E-state index in [1.165, 1.54) is 0 Å². The van der Waals surface area contributed by atoms with E-state index in [1.807, 2.05) is 60.7 Å². The number of nitrogens with zero attached hydrogens (tertiary/aromatic N) is 1. The van der Waals surface area contributed by atoms with Crippen molar-refractivity contribution in [1.82, 2.24) is 20.9 Å². The van der Waals surface area contributed by atoms with Crippen LogP contribution >= 0.6 is 0 Å². The lowest BCUT2D eigenvalue weighted by molar-refractivity contribution is -0.192. The van der Waals surface area contributed by atoms with Gasteiger partial charge in [0.1, 0.15) is 12.1 Å². The molecule has 0 aliphatic carbocycles. The number of aliphatic carboxylic acids is 1. The standard InChI is InChI=1S/C28H36N4O4.C2HF3O2/c1-18(29-2)26(34)30-23-15-14-22(33)17-21-13-16-24(32(21)28(23)36)27(35)31-25(19-9-5-3-6-10-19)20-11-7-4-8-12-20;3-2(4,5)1(6)7/h3-12,18,21-25,29,33H,13-17H2,1-2H3,(H,30,34)(H,31,35);(H,6,7)/t18-,21+,22-,23-,24-;/m0./s1. The van der Waals surface area contributed by atoms with E-state index in [9.17, 15) is 32.7 Å². The first-order valence-corrected chi connectivity index (χ1v) is 14.0. The van der Waals surface area contributed by atoms with Crippen LogP contribution in [0, 0.1) is 0 Å². The number of aliphatic hydroxyl groups excluding tert-OH is 1. The van der Waals surface area contributed by atoms with Gasteiger partial charge in [0.25, 0.3) is 0 Å². The monoisotopic (exact) mass is 606 g/mol. The van der Waals surface area contributed by atoms with Crippen LogP contribution in [-0.2, 0) is 19.2 Å². The molecule has 234 valence electrons. The Morgan fingerprint density at radius 1 is 0.930 bits per heavy atom. The van der Waals surface area contributed by atoms with Crippen LogP contribution < -0.4 is 16.0 Å². The molecule has 2 fully saturated rings. The van der Waals surface area contributed by atoms with Gasteiger partial charge in [0.15, 0.2) is 0 Å². The molecule has 5 N–H and O–H groups in total. The second kappa shape index (κ2) is 15.0. The molecule has 0 bridgehead atoms. The Morgan fingerprint density at radius 3 is 1.95 bits per heavy atom. The average Bonchev–Trinajstić information content (AvgIpc) is 3.40. The zero-order valence-corrected chi connectivity index (χ0v) is 23.9. The molecule has 2 aliphatic rings. The molecule has 0 spiro atoms. The highest BCUT2D eigenvalue weighted by Gasteiger charge is 2.45. The number of nitrogens with one attached hydrogen (secondary N) is 3. The van der Waals surface area contributed by atoms with E-state index in [1.54, 1.807) is 18.9 Å². The van der Waals surface area contributed by atoms with Crippen LogP contribution in [0.2, 0.25) is 0 Å². The Morgan fingerprint density at radius 2 is 1.47 bits per heavy atom. The van der Waals surface area contributed by atoms with E-state index in [0.29, 0.717) is 32.1 Å². The number of hydrogen-bond acceptors (Lipinski definition) is 6. The smallest absolute Gasteiger partial charge is 0.475 e.